The number of hydrogen-bond donors (Lipinski definition) is 1. The van der Waals surface area contributed by atoms with Gasteiger partial charge in [-0.1, -0.05) is 43.2 Å². The highest BCUT2D eigenvalue weighted by molar-refractivity contribution is 7.89. The van der Waals surface area contributed by atoms with Gasteiger partial charge in [0, 0.05) is 19.7 Å². The molecule has 0 unspecified atom stereocenters. The van der Waals surface area contributed by atoms with Gasteiger partial charge in [-0.05, 0) is 18.4 Å². The van der Waals surface area contributed by atoms with E-state index in [0.29, 0.717) is 35.6 Å². The summed E-state index contributed by atoms with van der Waals surface area (Å²) in [6, 6.07) is 8.18. The Hall–Kier alpha value is -1.12. The van der Waals surface area contributed by atoms with Crippen molar-refractivity contribution in [2.75, 3.05) is 13.2 Å². The number of aliphatic hydroxyl groups excluding tert-OH is 1. The molecular weight excluding hydrogens is 319 g/mol. The van der Waals surface area contributed by atoms with Gasteiger partial charge in [-0.25, -0.2) is 8.42 Å². The van der Waals surface area contributed by atoms with E-state index in [0.717, 1.165) is 0 Å². The Balaban J connectivity index is 2.77. The highest BCUT2D eigenvalue weighted by Gasteiger charge is 2.49. The van der Waals surface area contributed by atoms with Crippen LogP contribution in [0.25, 0.3) is 0 Å². The van der Waals surface area contributed by atoms with Gasteiger partial charge in [-0.15, -0.1) is 0 Å². The Labute approximate surface area is 128 Å². The molecule has 0 spiro atoms. The lowest BCUT2D eigenvalue weighted by Crippen LogP contribution is -2.40. The molecule has 0 aromatic heterocycles. The third-order valence-electron chi connectivity index (χ3n) is 3.15. The van der Waals surface area contributed by atoms with Gasteiger partial charge >= 0.3 is 15.5 Å². The number of halogens is 3. The number of alkyl halides is 3. The van der Waals surface area contributed by atoms with Crippen molar-refractivity contribution in [3.8, 4) is 0 Å². The van der Waals surface area contributed by atoms with Gasteiger partial charge in [0.25, 0.3) is 0 Å². The molecule has 0 heterocycles. The van der Waals surface area contributed by atoms with Crippen LogP contribution >= 0.6 is 0 Å². The Bertz CT molecular complexity index is 532. The zero-order valence-electron chi connectivity index (χ0n) is 12.1. The molecule has 0 aliphatic heterocycles. The van der Waals surface area contributed by atoms with Crippen LogP contribution in [0.1, 0.15) is 31.2 Å². The minimum Gasteiger partial charge on any atom is -0.396 e. The van der Waals surface area contributed by atoms with Crippen LogP contribution < -0.4 is 0 Å². The van der Waals surface area contributed by atoms with Gasteiger partial charge in [-0.2, -0.15) is 17.5 Å². The van der Waals surface area contributed by atoms with Crippen LogP contribution in [-0.2, 0) is 16.6 Å². The molecule has 1 aromatic rings. The van der Waals surface area contributed by atoms with Gasteiger partial charge in [0.1, 0.15) is 0 Å². The first-order valence-corrected chi connectivity index (χ1v) is 8.44. The van der Waals surface area contributed by atoms with E-state index in [9.17, 15) is 21.6 Å². The summed E-state index contributed by atoms with van der Waals surface area (Å²) in [5.74, 6) is 0. The molecule has 1 aromatic carbocycles. The van der Waals surface area contributed by atoms with Crippen molar-refractivity contribution in [2.45, 2.75) is 37.7 Å². The molecular formula is C14H20F3NO3S. The number of benzene rings is 1. The van der Waals surface area contributed by atoms with Crippen LogP contribution in [0.5, 0.6) is 0 Å². The molecule has 22 heavy (non-hydrogen) atoms. The number of rotatable bonds is 9. The molecule has 8 heteroatoms. The molecule has 0 amide bonds. The van der Waals surface area contributed by atoms with Crippen molar-refractivity contribution in [3.63, 3.8) is 0 Å². The van der Waals surface area contributed by atoms with Gasteiger partial charge in [-0.3, -0.25) is 0 Å². The second-order valence-electron chi connectivity index (χ2n) is 4.91. The monoisotopic (exact) mass is 339 g/mol. The summed E-state index contributed by atoms with van der Waals surface area (Å²) >= 11 is 0. The Kier molecular flexibility index (Phi) is 7.31. The van der Waals surface area contributed by atoms with Crippen molar-refractivity contribution in [2.24, 2.45) is 0 Å². The molecule has 126 valence electrons. The van der Waals surface area contributed by atoms with E-state index in [1.165, 1.54) is 0 Å². The summed E-state index contributed by atoms with van der Waals surface area (Å²) in [5.41, 5.74) is -4.79. The summed E-state index contributed by atoms with van der Waals surface area (Å²) in [6.07, 6.45) is 2.10. The van der Waals surface area contributed by atoms with Crippen LogP contribution in [0, 0.1) is 0 Å². The fraction of sp³-hybridized carbons (Fsp3) is 0.571. The predicted molar refractivity (Wildman–Crippen MR) is 77.4 cm³/mol. The number of nitrogens with zero attached hydrogens (tertiary/aromatic N) is 1. The van der Waals surface area contributed by atoms with Crippen molar-refractivity contribution >= 4 is 10.0 Å². The zero-order valence-corrected chi connectivity index (χ0v) is 12.9. The number of hydrogen-bond acceptors (Lipinski definition) is 3. The molecule has 0 aliphatic carbocycles. The number of sulfonamides is 1. The first-order valence-electron chi connectivity index (χ1n) is 7.00. The standard InChI is InChI=1S/C14H20F3NO3S/c15-14(16,17)22(20,21)18(10-6-1-2-7-11-19)12-13-8-4-3-5-9-13/h3-5,8-9,19H,1-2,6-7,10-12H2. The maximum absolute atomic E-state index is 12.8. The Morgan fingerprint density at radius 1 is 1.00 bits per heavy atom. The summed E-state index contributed by atoms with van der Waals surface area (Å²) in [6.45, 7) is -0.473. The fourth-order valence-corrected chi connectivity index (χ4v) is 2.95. The van der Waals surface area contributed by atoms with E-state index in [2.05, 4.69) is 0 Å². The SMILES string of the molecule is O=S(=O)(N(CCCCCCO)Cc1ccccc1)C(F)(F)F. The zero-order chi connectivity index (χ0) is 16.6. The highest BCUT2D eigenvalue weighted by Crippen LogP contribution is 2.28. The van der Waals surface area contributed by atoms with E-state index < -0.39 is 15.5 Å². The maximum Gasteiger partial charge on any atom is 0.511 e. The maximum atomic E-state index is 12.8. The minimum atomic E-state index is -5.35. The molecule has 0 saturated carbocycles. The van der Waals surface area contributed by atoms with Crippen molar-refractivity contribution in [1.82, 2.24) is 4.31 Å². The van der Waals surface area contributed by atoms with Crippen molar-refractivity contribution < 1.29 is 26.7 Å². The molecule has 0 atom stereocenters. The van der Waals surface area contributed by atoms with Crippen molar-refractivity contribution in [3.05, 3.63) is 35.9 Å². The Morgan fingerprint density at radius 2 is 1.59 bits per heavy atom. The van der Waals surface area contributed by atoms with Crippen LogP contribution in [0.3, 0.4) is 0 Å². The fourth-order valence-electron chi connectivity index (χ4n) is 1.97. The number of unbranched alkanes of at least 4 members (excludes halogenated alkanes) is 3. The van der Waals surface area contributed by atoms with Gasteiger partial charge < -0.3 is 5.11 Å². The second-order valence-corrected chi connectivity index (χ2v) is 6.84. The third kappa shape index (κ3) is 5.58. The molecule has 0 saturated heterocycles. The van der Waals surface area contributed by atoms with E-state index in [1.807, 2.05) is 0 Å². The van der Waals surface area contributed by atoms with E-state index in [-0.39, 0.29) is 19.7 Å². The second kappa shape index (κ2) is 8.50. The van der Waals surface area contributed by atoms with Crippen LogP contribution in [0.2, 0.25) is 0 Å². The summed E-state index contributed by atoms with van der Waals surface area (Å²) in [4.78, 5) is 0. The van der Waals surface area contributed by atoms with Gasteiger partial charge in [0.05, 0.1) is 0 Å². The van der Waals surface area contributed by atoms with Crippen LogP contribution in [0.15, 0.2) is 30.3 Å². The molecule has 4 nitrogen and oxygen atoms in total. The normalized spacial score (nSPS) is 12.8. The average molecular weight is 339 g/mol. The first-order chi connectivity index (χ1) is 10.3. The van der Waals surface area contributed by atoms with E-state index in [4.69, 9.17) is 5.11 Å². The van der Waals surface area contributed by atoms with Gasteiger partial charge in [0.2, 0.25) is 0 Å². The topological polar surface area (TPSA) is 57.6 Å². The van der Waals surface area contributed by atoms with Crippen molar-refractivity contribution in [1.29, 1.82) is 0 Å². The predicted octanol–water partition coefficient (Wildman–Crippen LogP) is 2.89. The first kappa shape index (κ1) is 18.9. The van der Waals surface area contributed by atoms with E-state index in [1.54, 1.807) is 30.3 Å². The molecule has 0 aliphatic rings. The lowest BCUT2D eigenvalue weighted by molar-refractivity contribution is -0.0491. The summed E-state index contributed by atoms with van der Waals surface area (Å²) in [5, 5.41) is 8.65. The lowest BCUT2D eigenvalue weighted by atomic mass is 10.2. The third-order valence-corrected chi connectivity index (χ3v) is 4.73. The lowest BCUT2D eigenvalue weighted by Gasteiger charge is -2.23. The van der Waals surface area contributed by atoms with Crippen LogP contribution in [0.4, 0.5) is 13.2 Å². The molecule has 0 fully saturated rings. The van der Waals surface area contributed by atoms with Gasteiger partial charge in [0.15, 0.2) is 0 Å². The Morgan fingerprint density at radius 3 is 2.14 bits per heavy atom. The highest BCUT2D eigenvalue weighted by atomic mass is 32.2. The smallest absolute Gasteiger partial charge is 0.396 e. The minimum absolute atomic E-state index is 0.0224. The molecule has 1 N–H and O–H groups in total. The largest absolute Gasteiger partial charge is 0.511 e. The van der Waals surface area contributed by atoms with Crippen LogP contribution in [-0.4, -0.2) is 36.5 Å². The number of aliphatic hydroxyl groups is 1. The average Bonchev–Trinajstić information content (AvgIpc) is 2.45. The summed E-state index contributed by atoms with van der Waals surface area (Å²) < 4.78 is 62.0. The molecule has 1 rings (SSSR count). The quantitative estimate of drug-likeness (QED) is 0.704. The van der Waals surface area contributed by atoms with E-state index >= 15 is 0 Å². The summed E-state index contributed by atoms with van der Waals surface area (Å²) in [7, 11) is -5.35. The molecule has 0 radical (unpaired) electrons. The molecule has 0 bridgehead atoms.